The summed E-state index contributed by atoms with van der Waals surface area (Å²) in [6.45, 7) is 2.72. The molecular weight excluding hydrogens is 446 g/mol. The van der Waals surface area contributed by atoms with Crippen LogP contribution in [-0.4, -0.2) is 57.6 Å². The van der Waals surface area contributed by atoms with Crippen molar-refractivity contribution >= 4 is 21.7 Å². The third-order valence-corrected chi connectivity index (χ3v) is 8.15. The van der Waals surface area contributed by atoms with E-state index in [9.17, 15) is 13.2 Å². The van der Waals surface area contributed by atoms with Gasteiger partial charge in [0, 0.05) is 23.7 Å². The smallest absolute Gasteiger partial charge is 0.231 e. The topological polar surface area (TPSA) is 91.4 Å². The quantitative estimate of drug-likeness (QED) is 0.629. The second-order valence-electron chi connectivity index (χ2n) is 8.50. The number of benzene rings is 2. The molecule has 0 N–H and O–H groups in total. The molecule has 2 aromatic rings. The molecule has 5 rings (SSSR count). The van der Waals surface area contributed by atoms with Gasteiger partial charge in [-0.25, -0.2) is 8.42 Å². The van der Waals surface area contributed by atoms with Crippen molar-refractivity contribution in [2.75, 3.05) is 32.5 Å². The molecular formula is C24H25NO7S. The van der Waals surface area contributed by atoms with Gasteiger partial charge in [-0.05, 0) is 43.2 Å². The van der Waals surface area contributed by atoms with Crippen LogP contribution < -0.4 is 18.9 Å². The Morgan fingerprint density at radius 1 is 1.12 bits per heavy atom. The Kier molecular flexibility index (Phi) is 5.33. The highest BCUT2D eigenvalue weighted by Gasteiger charge is 2.37. The fourth-order valence-electron chi connectivity index (χ4n) is 4.66. The number of hydrogen-bond acceptors (Lipinski definition) is 8. The second kappa shape index (κ2) is 8.07. The molecule has 33 heavy (non-hydrogen) atoms. The Morgan fingerprint density at radius 3 is 2.61 bits per heavy atom. The first-order chi connectivity index (χ1) is 15.8. The van der Waals surface area contributed by atoms with E-state index < -0.39 is 9.84 Å². The molecule has 0 bridgehead atoms. The van der Waals surface area contributed by atoms with Gasteiger partial charge in [0.25, 0.3) is 0 Å². The predicted molar refractivity (Wildman–Crippen MR) is 122 cm³/mol. The van der Waals surface area contributed by atoms with E-state index in [1.165, 1.54) is 0 Å². The molecule has 3 heterocycles. The zero-order valence-electron chi connectivity index (χ0n) is 18.7. The number of fused-ring (bicyclic) bond motifs is 2. The molecule has 0 amide bonds. The Hall–Kier alpha value is -3.04. The minimum Gasteiger partial charge on any atom is -0.493 e. The van der Waals surface area contributed by atoms with Crippen molar-refractivity contribution in [2.45, 2.75) is 25.9 Å². The van der Waals surface area contributed by atoms with E-state index in [1.807, 2.05) is 24.0 Å². The van der Waals surface area contributed by atoms with Gasteiger partial charge in [0.15, 0.2) is 27.1 Å². The Morgan fingerprint density at radius 2 is 1.91 bits per heavy atom. The third-order valence-electron chi connectivity index (χ3n) is 6.39. The van der Waals surface area contributed by atoms with Crippen LogP contribution in [0.5, 0.6) is 23.0 Å². The molecule has 2 aromatic carbocycles. The molecule has 0 spiro atoms. The lowest BCUT2D eigenvalue weighted by Gasteiger charge is -2.33. The van der Waals surface area contributed by atoms with Crippen molar-refractivity contribution in [3.8, 4) is 23.0 Å². The molecule has 0 saturated carbocycles. The van der Waals surface area contributed by atoms with Gasteiger partial charge < -0.3 is 18.9 Å². The number of rotatable bonds is 4. The maximum Gasteiger partial charge on any atom is 0.231 e. The molecule has 3 aliphatic rings. The van der Waals surface area contributed by atoms with E-state index >= 15 is 0 Å². The molecule has 3 aliphatic heterocycles. The summed E-state index contributed by atoms with van der Waals surface area (Å²) >= 11 is 0. The van der Waals surface area contributed by atoms with Gasteiger partial charge in [0.1, 0.15) is 18.2 Å². The van der Waals surface area contributed by atoms with Crippen LogP contribution >= 0.6 is 0 Å². The maximum absolute atomic E-state index is 13.2. The summed E-state index contributed by atoms with van der Waals surface area (Å²) in [5, 5.41) is 0. The first kappa shape index (κ1) is 21.8. The number of carbonyl (C=O) groups is 1. The van der Waals surface area contributed by atoms with Crippen LogP contribution in [-0.2, 0) is 16.4 Å². The Bertz CT molecular complexity index is 1280. The zero-order chi connectivity index (χ0) is 23.3. The van der Waals surface area contributed by atoms with Crippen molar-refractivity contribution in [1.82, 2.24) is 4.90 Å². The lowest BCUT2D eigenvalue weighted by Crippen LogP contribution is -2.41. The van der Waals surface area contributed by atoms with E-state index in [2.05, 4.69) is 0 Å². The highest BCUT2D eigenvalue weighted by atomic mass is 32.2. The highest BCUT2D eigenvalue weighted by molar-refractivity contribution is 7.91. The summed E-state index contributed by atoms with van der Waals surface area (Å²) in [7, 11) is 0.130. The molecule has 0 radical (unpaired) electrons. The standard InChI is InChI=1S/C24H25NO7S/c1-14-23-16(11-25(13-31-23)17-6-7-33(27,28)12-17)10-18-22(26)21(32-24(14)18)9-15-4-5-19(29-2)20(8-15)30-3/h4-5,8-10,17H,6-7,11-13H2,1-3H3. The van der Waals surface area contributed by atoms with Gasteiger partial charge in [-0.1, -0.05) is 6.07 Å². The van der Waals surface area contributed by atoms with E-state index in [4.69, 9.17) is 18.9 Å². The summed E-state index contributed by atoms with van der Waals surface area (Å²) in [4.78, 5) is 15.2. The lowest BCUT2D eigenvalue weighted by molar-refractivity contribution is 0.0637. The predicted octanol–water partition coefficient (Wildman–Crippen LogP) is 2.97. The van der Waals surface area contributed by atoms with Crippen LogP contribution in [0.2, 0.25) is 0 Å². The minimum absolute atomic E-state index is 0.0656. The summed E-state index contributed by atoms with van der Waals surface area (Å²) in [5.74, 6) is 2.74. The third kappa shape index (κ3) is 3.85. The van der Waals surface area contributed by atoms with Crippen LogP contribution in [0.15, 0.2) is 30.0 Å². The largest absolute Gasteiger partial charge is 0.493 e. The van der Waals surface area contributed by atoms with Gasteiger partial charge >= 0.3 is 0 Å². The molecule has 9 heteroatoms. The summed E-state index contributed by atoms with van der Waals surface area (Å²) in [5.41, 5.74) is 2.87. The van der Waals surface area contributed by atoms with Crippen LogP contribution in [0.4, 0.5) is 0 Å². The van der Waals surface area contributed by atoms with Crippen LogP contribution in [0.3, 0.4) is 0 Å². The Labute approximate surface area is 192 Å². The van der Waals surface area contributed by atoms with Crippen LogP contribution in [0.25, 0.3) is 6.08 Å². The molecule has 1 unspecified atom stereocenters. The number of carbonyl (C=O) groups excluding carboxylic acids is 1. The van der Waals surface area contributed by atoms with Crippen molar-refractivity contribution < 1.29 is 32.2 Å². The van der Waals surface area contributed by atoms with Crippen LogP contribution in [0, 0.1) is 6.92 Å². The monoisotopic (exact) mass is 471 g/mol. The number of allylic oxidation sites excluding steroid dienone is 1. The fourth-order valence-corrected chi connectivity index (χ4v) is 6.42. The molecule has 0 aromatic heterocycles. The summed E-state index contributed by atoms with van der Waals surface area (Å²) in [6, 6.07) is 7.12. The number of methoxy groups -OCH3 is 2. The van der Waals surface area contributed by atoms with Crippen molar-refractivity contribution in [3.05, 3.63) is 52.3 Å². The molecule has 8 nitrogen and oxygen atoms in total. The SMILES string of the molecule is COc1ccc(C=C2Oc3c(cc4c(c3C)OCN(C3CCS(=O)(=O)C3)C4)C2=O)cc1OC. The van der Waals surface area contributed by atoms with Crippen molar-refractivity contribution in [1.29, 1.82) is 0 Å². The first-order valence-corrected chi connectivity index (χ1v) is 12.5. The van der Waals surface area contributed by atoms with Crippen LogP contribution in [0.1, 0.15) is 33.5 Å². The van der Waals surface area contributed by atoms with Gasteiger partial charge in [-0.2, -0.15) is 0 Å². The van der Waals surface area contributed by atoms with Crippen molar-refractivity contribution in [3.63, 3.8) is 0 Å². The molecule has 1 fully saturated rings. The highest BCUT2D eigenvalue weighted by Crippen LogP contribution is 2.44. The molecule has 1 saturated heterocycles. The zero-order valence-corrected chi connectivity index (χ0v) is 19.5. The lowest BCUT2D eigenvalue weighted by atomic mass is 9.99. The van der Waals surface area contributed by atoms with E-state index in [0.717, 1.165) is 16.7 Å². The molecule has 174 valence electrons. The number of nitrogens with zero attached hydrogens (tertiary/aromatic N) is 1. The fraction of sp³-hybridized carbons (Fsp3) is 0.375. The van der Waals surface area contributed by atoms with E-state index in [-0.39, 0.29) is 29.1 Å². The summed E-state index contributed by atoms with van der Waals surface area (Å²) in [6.07, 6.45) is 2.28. The minimum atomic E-state index is -2.99. The molecule has 0 aliphatic carbocycles. The van der Waals surface area contributed by atoms with Gasteiger partial charge in [0.05, 0.1) is 31.3 Å². The maximum atomic E-state index is 13.2. The Balaban J connectivity index is 1.43. The van der Waals surface area contributed by atoms with Crippen molar-refractivity contribution in [2.24, 2.45) is 0 Å². The van der Waals surface area contributed by atoms with Gasteiger partial charge in [-0.15, -0.1) is 0 Å². The average Bonchev–Trinajstić information content (AvgIpc) is 3.33. The van der Waals surface area contributed by atoms with Gasteiger partial charge in [0.2, 0.25) is 5.78 Å². The first-order valence-electron chi connectivity index (χ1n) is 10.7. The average molecular weight is 472 g/mol. The molecule has 1 atom stereocenters. The van der Waals surface area contributed by atoms with E-state index in [1.54, 1.807) is 32.4 Å². The number of hydrogen-bond donors (Lipinski definition) is 0. The normalized spacial score (nSPS) is 22.5. The van der Waals surface area contributed by atoms with E-state index in [0.29, 0.717) is 48.3 Å². The summed E-state index contributed by atoms with van der Waals surface area (Å²) < 4.78 is 46.4. The number of ether oxygens (including phenoxy) is 4. The number of sulfone groups is 1. The number of ketones is 1. The number of Topliss-reactive ketones (excluding diaryl/α,β-unsaturated/α-hetero) is 1. The van der Waals surface area contributed by atoms with Gasteiger partial charge in [-0.3, -0.25) is 9.69 Å². The second-order valence-corrected chi connectivity index (χ2v) is 10.7.